The molecule has 3 aromatic carbocycles. The largest absolute Gasteiger partial charge is 0.223 e. The molecule has 2 saturated carbocycles. The molecule has 0 spiro atoms. The summed E-state index contributed by atoms with van der Waals surface area (Å²) in [7, 11) is -8.00. The van der Waals surface area contributed by atoms with Gasteiger partial charge in [-0.2, -0.15) is 5.26 Å². The predicted molar refractivity (Wildman–Crippen MR) is 149 cm³/mol. The zero-order valence-electron chi connectivity index (χ0n) is 21.1. The summed E-state index contributed by atoms with van der Waals surface area (Å²) >= 11 is 0. The van der Waals surface area contributed by atoms with Crippen molar-refractivity contribution in [3.63, 3.8) is 0 Å². The van der Waals surface area contributed by atoms with E-state index in [1.807, 2.05) is 18.2 Å². The van der Waals surface area contributed by atoms with Crippen molar-refractivity contribution in [3.05, 3.63) is 113 Å². The van der Waals surface area contributed by atoms with E-state index in [2.05, 4.69) is 6.07 Å². The molecule has 0 aliphatic heterocycles. The van der Waals surface area contributed by atoms with Crippen LogP contribution in [-0.2, 0) is 19.7 Å². The first-order valence-corrected chi connectivity index (χ1v) is 16.4. The number of rotatable bonds is 5. The topological polar surface area (TPSA) is 92.1 Å². The van der Waals surface area contributed by atoms with Crippen LogP contribution in [0.2, 0.25) is 0 Å². The zero-order chi connectivity index (χ0) is 26.9. The molecule has 4 aliphatic rings. The maximum atomic E-state index is 14.4. The Labute approximate surface area is 229 Å². The normalized spacial score (nSPS) is 30.1. The molecule has 196 valence electrons. The monoisotopic (exact) mass is 553 g/mol. The van der Waals surface area contributed by atoms with Crippen LogP contribution in [0.4, 0.5) is 0 Å². The van der Waals surface area contributed by atoms with Gasteiger partial charge < -0.3 is 0 Å². The van der Waals surface area contributed by atoms with Gasteiger partial charge >= 0.3 is 0 Å². The van der Waals surface area contributed by atoms with Crippen LogP contribution in [0.15, 0.2) is 111 Å². The number of hydrogen-bond acceptors (Lipinski definition) is 5. The van der Waals surface area contributed by atoms with Gasteiger partial charge in [0.2, 0.25) is 0 Å². The van der Waals surface area contributed by atoms with Crippen LogP contribution in [0.5, 0.6) is 0 Å². The van der Waals surface area contributed by atoms with Crippen molar-refractivity contribution in [2.45, 2.75) is 39.6 Å². The van der Waals surface area contributed by atoms with Crippen LogP contribution in [0.1, 0.15) is 30.4 Å². The highest BCUT2D eigenvalue weighted by Gasteiger charge is 2.67. The Bertz CT molecular complexity index is 1680. The predicted octanol–water partition coefficient (Wildman–Crippen LogP) is 5.61. The highest BCUT2D eigenvalue weighted by atomic mass is 32.2. The lowest BCUT2D eigenvalue weighted by Crippen LogP contribution is -2.45. The minimum atomic E-state index is -4.00. The van der Waals surface area contributed by atoms with E-state index in [0.717, 1.165) is 30.4 Å². The Kier molecular flexibility index (Phi) is 5.52. The molecule has 0 amide bonds. The van der Waals surface area contributed by atoms with E-state index in [9.17, 15) is 22.1 Å². The molecule has 39 heavy (non-hydrogen) atoms. The third-order valence-corrected chi connectivity index (χ3v) is 13.8. The molecule has 7 rings (SSSR count). The number of fused-ring (bicyclic) bond motifs is 8. The number of nitrogens with zero attached hydrogens (tertiary/aromatic N) is 1. The van der Waals surface area contributed by atoms with Crippen LogP contribution in [-0.4, -0.2) is 27.3 Å². The molecular formula is C32H27NO4S2. The number of sulfone groups is 2. The Balaban J connectivity index is 1.48. The van der Waals surface area contributed by atoms with E-state index in [1.165, 1.54) is 11.1 Å². The molecule has 0 unspecified atom stereocenters. The van der Waals surface area contributed by atoms with Gasteiger partial charge in [-0.3, -0.25) is 0 Å². The van der Waals surface area contributed by atoms with Crippen molar-refractivity contribution < 1.29 is 16.8 Å². The van der Waals surface area contributed by atoms with Gasteiger partial charge in [-0.15, -0.1) is 0 Å². The Morgan fingerprint density at radius 3 is 1.56 bits per heavy atom. The van der Waals surface area contributed by atoms with Gasteiger partial charge in [0.05, 0.1) is 31.9 Å². The van der Waals surface area contributed by atoms with Gasteiger partial charge in [-0.05, 0) is 73.1 Å². The summed E-state index contributed by atoms with van der Waals surface area (Å²) in [6.45, 7) is 0. The van der Waals surface area contributed by atoms with Crippen LogP contribution < -0.4 is 0 Å². The molecule has 0 saturated heterocycles. The average molecular weight is 554 g/mol. The first-order chi connectivity index (χ1) is 18.8. The van der Waals surface area contributed by atoms with Crippen molar-refractivity contribution in [2.75, 3.05) is 0 Å². The summed E-state index contributed by atoms with van der Waals surface area (Å²) in [4.78, 5) is 0.331. The summed E-state index contributed by atoms with van der Waals surface area (Å²) in [6.07, 6.45) is 5.07. The van der Waals surface area contributed by atoms with Gasteiger partial charge in [0, 0.05) is 11.8 Å². The fraction of sp³-hybridized carbons (Fsp3) is 0.281. The SMILES string of the molecule is N#Cc1ccc(C=C2[C@H]3C4=C([C@H]5CC[C@H]4C5)[C@H]2[C@H](S(=O)(=O)c2ccccc2)[C@@H]3S(=O)(=O)c2ccccc2)cc1. The highest BCUT2D eigenvalue weighted by Crippen LogP contribution is 2.68. The molecule has 7 heteroatoms. The quantitative estimate of drug-likeness (QED) is 0.302. The Morgan fingerprint density at radius 2 is 1.13 bits per heavy atom. The summed E-state index contributed by atoms with van der Waals surface area (Å²) in [5.74, 6) is -0.300. The summed E-state index contributed by atoms with van der Waals surface area (Å²) in [5, 5.41) is 7.04. The molecule has 3 aromatic rings. The van der Waals surface area contributed by atoms with Crippen molar-refractivity contribution >= 4 is 25.8 Å². The molecule has 5 nitrogen and oxygen atoms in total. The maximum absolute atomic E-state index is 14.4. The van der Waals surface area contributed by atoms with Crippen molar-refractivity contribution in [1.29, 1.82) is 5.26 Å². The van der Waals surface area contributed by atoms with E-state index in [-0.39, 0.29) is 9.79 Å². The van der Waals surface area contributed by atoms with Crippen molar-refractivity contribution in [1.82, 2.24) is 0 Å². The molecule has 2 fully saturated rings. The van der Waals surface area contributed by atoms with Crippen molar-refractivity contribution in [2.24, 2.45) is 23.7 Å². The van der Waals surface area contributed by atoms with Crippen LogP contribution in [0.25, 0.3) is 6.08 Å². The zero-order valence-corrected chi connectivity index (χ0v) is 22.8. The third kappa shape index (κ3) is 3.54. The lowest BCUT2D eigenvalue weighted by Gasteiger charge is -2.35. The minimum absolute atomic E-state index is 0.166. The second-order valence-corrected chi connectivity index (χ2v) is 15.3. The van der Waals surface area contributed by atoms with Gasteiger partial charge in [0.25, 0.3) is 0 Å². The number of hydrogen-bond donors (Lipinski definition) is 0. The first-order valence-electron chi connectivity index (χ1n) is 13.4. The molecule has 0 radical (unpaired) electrons. The van der Waals surface area contributed by atoms with E-state index in [4.69, 9.17) is 0 Å². The number of nitriles is 1. The summed E-state index contributed by atoms with van der Waals surface area (Å²) < 4.78 is 57.8. The fourth-order valence-corrected chi connectivity index (χ4v) is 12.7. The minimum Gasteiger partial charge on any atom is -0.223 e. The molecular weight excluding hydrogens is 526 g/mol. The van der Waals surface area contributed by atoms with Crippen LogP contribution in [0.3, 0.4) is 0 Å². The second-order valence-electron chi connectivity index (χ2n) is 11.1. The summed E-state index contributed by atoms with van der Waals surface area (Å²) in [5.41, 5.74) is 4.68. The van der Waals surface area contributed by atoms with E-state index < -0.39 is 42.0 Å². The number of benzene rings is 3. The smallest absolute Gasteiger partial charge is 0.183 e. The average Bonchev–Trinajstić information content (AvgIpc) is 3.73. The molecule has 0 N–H and O–H groups in total. The fourth-order valence-electron chi connectivity index (χ4n) is 7.82. The van der Waals surface area contributed by atoms with E-state index >= 15 is 0 Å². The highest BCUT2D eigenvalue weighted by molar-refractivity contribution is 7.96. The second kappa shape index (κ2) is 8.77. The Morgan fingerprint density at radius 1 is 0.667 bits per heavy atom. The first kappa shape index (κ1) is 24.6. The van der Waals surface area contributed by atoms with Gasteiger partial charge in [-0.1, -0.05) is 71.3 Å². The number of allylic oxidation sites excluding steroid dienone is 3. The Hall–Kier alpha value is -3.47. The van der Waals surface area contributed by atoms with Crippen molar-refractivity contribution in [3.8, 4) is 6.07 Å². The van der Waals surface area contributed by atoms with Gasteiger partial charge in [-0.25, -0.2) is 16.8 Å². The lowest BCUT2D eigenvalue weighted by molar-refractivity contribution is 0.494. The molecule has 4 aliphatic carbocycles. The van der Waals surface area contributed by atoms with E-state index in [1.54, 1.807) is 72.8 Å². The molecule has 6 atom stereocenters. The molecule has 0 heterocycles. The van der Waals surface area contributed by atoms with Gasteiger partial charge in [0.15, 0.2) is 19.7 Å². The molecule has 0 aromatic heterocycles. The van der Waals surface area contributed by atoms with Crippen LogP contribution in [0, 0.1) is 35.0 Å². The van der Waals surface area contributed by atoms with Gasteiger partial charge in [0.1, 0.15) is 0 Å². The lowest BCUT2D eigenvalue weighted by atomic mass is 9.82. The molecule has 4 bridgehead atoms. The van der Waals surface area contributed by atoms with Crippen LogP contribution >= 0.6 is 0 Å². The third-order valence-electron chi connectivity index (χ3n) is 9.25. The van der Waals surface area contributed by atoms with E-state index in [0.29, 0.717) is 17.4 Å². The summed E-state index contributed by atoms with van der Waals surface area (Å²) in [6, 6.07) is 25.9. The maximum Gasteiger partial charge on any atom is 0.183 e. The standard InChI is InChI=1S/C32H27NO4S2/c33-19-21-13-11-20(12-14-21)17-26-29-27-22-15-16-23(18-22)28(27)30(26)32(39(36,37)25-9-5-2-6-10-25)31(29)38(34,35)24-7-3-1-4-8-24/h1-14,17,22-23,29-32H,15-16,18H2/t22-,23-,29-,30-,31-,32+/m0/s1.